The van der Waals surface area contributed by atoms with Gasteiger partial charge in [0.15, 0.2) is 11.6 Å². The number of para-hydroxylation sites is 1. The van der Waals surface area contributed by atoms with Crippen molar-refractivity contribution in [2.24, 2.45) is 5.84 Å². The minimum Gasteiger partial charge on any atom is -0.455 e. The number of ether oxygens (including phenoxy) is 1. The van der Waals surface area contributed by atoms with Gasteiger partial charge in [0, 0.05) is 5.70 Å². The van der Waals surface area contributed by atoms with Gasteiger partial charge in [-0.25, -0.2) is 4.39 Å². The van der Waals surface area contributed by atoms with Crippen molar-refractivity contribution in [1.82, 2.24) is 5.43 Å². The van der Waals surface area contributed by atoms with E-state index in [0.717, 1.165) is 11.3 Å². The zero-order chi connectivity index (χ0) is 13.0. The van der Waals surface area contributed by atoms with E-state index in [9.17, 15) is 4.39 Å². The van der Waals surface area contributed by atoms with Crippen LogP contribution in [0.15, 0.2) is 59.5 Å². The molecule has 1 aromatic carbocycles. The van der Waals surface area contributed by atoms with Crippen LogP contribution in [0.2, 0.25) is 0 Å². The molecule has 0 aliphatic heterocycles. The van der Waals surface area contributed by atoms with Crippen molar-refractivity contribution in [3.63, 3.8) is 0 Å². The second kappa shape index (κ2) is 5.51. The smallest absolute Gasteiger partial charge is 0.165 e. The summed E-state index contributed by atoms with van der Waals surface area (Å²) in [5, 5.41) is 0. The quantitative estimate of drug-likeness (QED) is 0.637. The zero-order valence-corrected chi connectivity index (χ0v) is 10.1. The van der Waals surface area contributed by atoms with Crippen molar-refractivity contribution in [1.29, 1.82) is 0 Å². The maximum Gasteiger partial charge on any atom is 0.165 e. The van der Waals surface area contributed by atoms with Crippen molar-refractivity contribution in [3.05, 3.63) is 65.3 Å². The molecule has 18 heavy (non-hydrogen) atoms. The summed E-state index contributed by atoms with van der Waals surface area (Å²) in [5.41, 5.74) is 4.41. The third-order valence-electron chi connectivity index (χ3n) is 2.64. The largest absolute Gasteiger partial charge is 0.455 e. The normalized spacial score (nSPS) is 15.2. The molecule has 0 spiro atoms. The molecule has 94 valence electrons. The van der Waals surface area contributed by atoms with Crippen LogP contribution < -0.4 is 16.0 Å². The molecule has 0 saturated carbocycles. The molecule has 0 radical (unpaired) electrons. The molecular formula is C14H15FN2O. The number of benzene rings is 1. The van der Waals surface area contributed by atoms with Crippen LogP contribution in [-0.4, -0.2) is 0 Å². The SMILES string of the molecule is CC1=CC(Oc2ccccc2F)=CCC=C1NN. The molecule has 0 atom stereocenters. The monoisotopic (exact) mass is 246 g/mol. The summed E-state index contributed by atoms with van der Waals surface area (Å²) >= 11 is 0. The van der Waals surface area contributed by atoms with E-state index in [2.05, 4.69) is 5.43 Å². The lowest BCUT2D eigenvalue weighted by Gasteiger charge is -2.08. The third-order valence-corrected chi connectivity index (χ3v) is 2.64. The summed E-state index contributed by atoms with van der Waals surface area (Å²) in [4.78, 5) is 0. The van der Waals surface area contributed by atoms with Crippen molar-refractivity contribution in [2.75, 3.05) is 0 Å². The molecule has 0 fully saturated rings. The lowest BCUT2D eigenvalue weighted by molar-refractivity contribution is 0.410. The van der Waals surface area contributed by atoms with Crippen molar-refractivity contribution >= 4 is 0 Å². The Balaban J connectivity index is 2.19. The maximum atomic E-state index is 13.5. The Morgan fingerprint density at radius 3 is 2.78 bits per heavy atom. The summed E-state index contributed by atoms with van der Waals surface area (Å²) < 4.78 is 19.0. The van der Waals surface area contributed by atoms with Gasteiger partial charge < -0.3 is 10.2 Å². The summed E-state index contributed by atoms with van der Waals surface area (Å²) in [6.07, 6.45) is 6.33. The molecule has 3 N–H and O–H groups in total. The number of hydrazine groups is 1. The first-order valence-electron chi connectivity index (χ1n) is 5.68. The summed E-state index contributed by atoms with van der Waals surface area (Å²) in [7, 11) is 0. The Bertz CT molecular complexity index is 532. The van der Waals surface area contributed by atoms with Crippen LogP contribution in [0.3, 0.4) is 0 Å². The van der Waals surface area contributed by atoms with Crippen LogP contribution >= 0.6 is 0 Å². The first-order chi connectivity index (χ1) is 8.70. The minimum absolute atomic E-state index is 0.219. The molecule has 0 unspecified atom stereocenters. The van der Waals surface area contributed by atoms with Crippen LogP contribution in [0.5, 0.6) is 5.75 Å². The van der Waals surface area contributed by atoms with Gasteiger partial charge in [-0.05, 0) is 43.2 Å². The topological polar surface area (TPSA) is 47.3 Å². The standard InChI is InChI=1S/C14H15FN2O/c1-10-9-11(5-4-7-13(10)17-16)18-14-8-3-2-6-12(14)15/h2-3,5-9,17H,4,16H2,1H3. The number of allylic oxidation sites excluding steroid dienone is 4. The van der Waals surface area contributed by atoms with E-state index < -0.39 is 0 Å². The van der Waals surface area contributed by atoms with Crippen LogP contribution in [0.25, 0.3) is 0 Å². The number of hydrogen-bond acceptors (Lipinski definition) is 3. The fourth-order valence-electron chi connectivity index (χ4n) is 1.70. The number of rotatable bonds is 3. The molecule has 0 aromatic heterocycles. The lowest BCUT2D eigenvalue weighted by Crippen LogP contribution is -2.21. The summed E-state index contributed by atoms with van der Waals surface area (Å²) in [5.74, 6) is 5.86. The Morgan fingerprint density at radius 1 is 1.28 bits per heavy atom. The molecule has 0 bridgehead atoms. The Hall–Kier alpha value is -2.07. The average molecular weight is 246 g/mol. The number of nitrogens with one attached hydrogen (secondary N) is 1. The Labute approximate surface area is 105 Å². The Morgan fingerprint density at radius 2 is 2.06 bits per heavy atom. The second-order valence-corrected chi connectivity index (χ2v) is 3.96. The predicted octanol–water partition coefficient (Wildman–Crippen LogP) is 2.79. The first-order valence-corrected chi connectivity index (χ1v) is 5.68. The highest BCUT2D eigenvalue weighted by atomic mass is 19.1. The van der Waals surface area contributed by atoms with Gasteiger partial charge in [0.1, 0.15) is 5.76 Å². The predicted molar refractivity (Wildman–Crippen MR) is 68.9 cm³/mol. The average Bonchev–Trinajstić information content (AvgIpc) is 2.53. The highest BCUT2D eigenvalue weighted by Gasteiger charge is 2.08. The van der Waals surface area contributed by atoms with E-state index in [1.54, 1.807) is 18.2 Å². The molecule has 0 amide bonds. The summed E-state index contributed by atoms with van der Waals surface area (Å²) in [6, 6.07) is 6.33. The van der Waals surface area contributed by atoms with Gasteiger partial charge in [0.25, 0.3) is 0 Å². The fourth-order valence-corrected chi connectivity index (χ4v) is 1.70. The number of nitrogens with two attached hydrogens (primary N) is 1. The van der Waals surface area contributed by atoms with E-state index in [-0.39, 0.29) is 11.6 Å². The van der Waals surface area contributed by atoms with Gasteiger partial charge in [-0.1, -0.05) is 18.2 Å². The molecule has 3 nitrogen and oxygen atoms in total. The van der Waals surface area contributed by atoms with Gasteiger partial charge in [-0.15, -0.1) is 0 Å². The zero-order valence-electron chi connectivity index (χ0n) is 10.1. The van der Waals surface area contributed by atoms with Crippen molar-refractivity contribution < 1.29 is 9.13 Å². The fraction of sp³-hybridized carbons (Fsp3) is 0.143. The molecule has 1 aliphatic carbocycles. The summed E-state index contributed by atoms with van der Waals surface area (Å²) in [6.45, 7) is 1.91. The molecule has 1 aliphatic rings. The molecule has 0 heterocycles. The van der Waals surface area contributed by atoms with Gasteiger partial charge >= 0.3 is 0 Å². The lowest BCUT2D eigenvalue weighted by atomic mass is 10.2. The van der Waals surface area contributed by atoms with E-state index in [1.165, 1.54) is 6.07 Å². The van der Waals surface area contributed by atoms with Crippen LogP contribution in [-0.2, 0) is 0 Å². The molecule has 0 saturated heterocycles. The van der Waals surface area contributed by atoms with E-state index >= 15 is 0 Å². The van der Waals surface area contributed by atoms with E-state index in [0.29, 0.717) is 12.2 Å². The van der Waals surface area contributed by atoms with Crippen molar-refractivity contribution in [3.8, 4) is 5.75 Å². The van der Waals surface area contributed by atoms with Gasteiger partial charge in [-0.2, -0.15) is 0 Å². The number of hydrogen-bond donors (Lipinski definition) is 2. The van der Waals surface area contributed by atoms with Gasteiger partial charge in [0.05, 0.1) is 0 Å². The molecule has 2 rings (SSSR count). The molecular weight excluding hydrogens is 231 g/mol. The van der Waals surface area contributed by atoms with Gasteiger partial charge in [-0.3, -0.25) is 5.84 Å². The van der Waals surface area contributed by atoms with Crippen LogP contribution in [0.4, 0.5) is 4.39 Å². The first kappa shape index (κ1) is 12.4. The van der Waals surface area contributed by atoms with Crippen molar-refractivity contribution in [2.45, 2.75) is 13.3 Å². The minimum atomic E-state index is -0.376. The van der Waals surface area contributed by atoms with Gasteiger partial charge in [0.2, 0.25) is 0 Å². The molecule has 1 aromatic rings. The van der Waals surface area contributed by atoms with Crippen LogP contribution in [0.1, 0.15) is 13.3 Å². The number of halogens is 1. The highest BCUT2D eigenvalue weighted by molar-refractivity contribution is 5.38. The Kier molecular flexibility index (Phi) is 3.79. The molecule has 4 heteroatoms. The third kappa shape index (κ3) is 2.78. The highest BCUT2D eigenvalue weighted by Crippen LogP contribution is 2.22. The maximum absolute atomic E-state index is 13.5. The van der Waals surface area contributed by atoms with E-state index in [1.807, 2.05) is 25.2 Å². The second-order valence-electron chi connectivity index (χ2n) is 3.96. The van der Waals surface area contributed by atoms with E-state index in [4.69, 9.17) is 10.6 Å². The van der Waals surface area contributed by atoms with Crippen LogP contribution in [0, 0.1) is 5.82 Å².